The molecule has 0 unspecified atom stereocenters. The maximum atomic E-state index is 2.45. The molecule has 0 fully saturated rings. The van der Waals surface area contributed by atoms with E-state index in [2.05, 4.69) is 45.8 Å². The molecule has 0 bridgehead atoms. The molecule has 1 aliphatic carbocycles. The summed E-state index contributed by atoms with van der Waals surface area (Å²) >= 11 is 0. The molecular weight excluding hydrogens is 158 g/mol. The van der Waals surface area contributed by atoms with Gasteiger partial charge in [-0.15, -0.1) is 0 Å². The molecule has 0 saturated carbocycles. The van der Waals surface area contributed by atoms with Crippen LogP contribution in [0.15, 0.2) is 11.6 Å². The normalized spacial score (nSPS) is 34.9. The molecule has 0 radical (unpaired) electrons. The zero-order chi connectivity index (χ0) is 10.0. The van der Waals surface area contributed by atoms with E-state index < -0.39 is 0 Å². The lowest BCUT2D eigenvalue weighted by atomic mass is 9.75. The van der Waals surface area contributed by atoms with Crippen LogP contribution in [0.1, 0.15) is 27.2 Å². The number of nitrogens with zero attached hydrogens (tertiary/aromatic N) is 1. The summed E-state index contributed by atoms with van der Waals surface area (Å²) in [4.78, 5) is 2.31. The maximum Gasteiger partial charge on any atom is 0.00117 e. The molecule has 0 aromatic rings. The summed E-state index contributed by atoms with van der Waals surface area (Å²) in [6.07, 6.45) is 3.75. The van der Waals surface area contributed by atoms with Crippen molar-refractivity contribution >= 4 is 0 Å². The first kappa shape index (κ1) is 10.8. The van der Waals surface area contributed by atoms with Crippen molar-refractivity contribution in [1.82, 2.24) is 4.90 Å². The van der Waals surface area contributed by atoms with Gasteiger partial charge >= 0.3 is 0 Å². The molecule has 0 saturated heterocycles. The topological polar surface area (TPSA) is 3.24 Å². The van der Waals surface area contributed by atoms with Gasteiger partial charge < -0.3 is 4.90 Å². The van der Waals surface area contributed by atoms with Gasteiger partial charge in [0.15, 0.2) is 0 Å². The quantitative estimate of drug-likeness (QED) is 0.592. The Morgan fingerprint density at radius 1 is 1.38 bits per heavy atom. The van der Waals surface area contributed by atoms with E-state index in [0.717, 1.165) is 17.8 Å². The summed E-state index contributed by atoms with van der Waals surface area (Å²) in [5.41, 5.74) is 1.58. The summed E-state index contributed by atoms with van der Waals surface area (Å²) in [5.74, 6) is 2.45. The van der Waals surface area contributed by atoms with Crippen molar-refractivity contribution in [2.24, 2.45) is 17.8 Å². The lowest BCUT2D eigenvalue weighted by Crippen LogP contribution is -2.32. The molecule has 1 rings (SSSR count). The van der Waals surface area contributed by atoms with Crippen LogP contribution in [0.4, 0.5) is 0 Å². The van der Waals surface area contributed by atoms with E-state index in [-0.39, 0.29) is 0 Å². The summed E-state index contributed by atoms with van der Waals surface area (Å²) in [6.45, 7) is 8.24. The van der Waals surface area contributed by atoms with Crippen molar-refractivity contribution in [2.45, 2.75) is 27.2 Å². The van der Waals surface area contributed by atoms with E-state index in [0.29, 0.717) is 0 Å². The van der Waals surface area contributed by atoms with Gasteiger partial charge in [0, 0.05) is 6.54 Å². The van der Waals surface area contributed by atoms with Gasteiger partial charge in [-0.05, 0) is 45.2 Å². The second-order valence-electron chi connectivity index (χ2n) is 4.98. The van der Waals surface area contributed by atoms with E-state index in [9.17, 15) is 0 Å². The minimum Gasteiger partial charge on any atom is -0.309 e. The van der Waals surface area contributed by atoms with Crippen molar-refractivity contribution in [3.63, 3.8) is 0 Å². The molecule has 0 heterocycles. The monoisotopic (exact) mass is 181 g/mol. The Morgan fingerprint density at radius 2 is 2.00 bits per heavy atom. The lowest BCUT2D eigenvalue weighted by molar-refractivity contribution is 0.204. The minimum absolute atomic E-state index is 0.756. The molecule has 0 spiro atoms. The van der Waals surface area contributed by atoms with Crippen molar-refractivity contribution in [3.8, 4) is 0 Å². The largest absolute Gasteiger partial charge is 0.309 e. The van der Waals surface area contributed by atoms with E-state index in [4.69, 9.17) is 0 Å². The molecule has 0 amide bonds. The summed E-state index contributed by atoms with van der Waals surface area (Å²) in [7, 11) is 4.34. The first-order valence-corrected chi connectivity index (χ1v) is 5.32. The van der Waals surface area contributed by atoms with E-state index in [1.807, 2.05) is 0 Å². The lowest BCUT2D eigenvalue weighted by Gasteiger charge is -2.34. The van der Waals surface area contributed by atoms with Crippen LogP contribution in [0.5, 0.6) is 0 Å². The predicted molar refractivity (Wildman–Crippen MR) is 58.7 cm³/mol. The second kappa shape index (κ2) is 4.28. The molecule has 3 atom stereocenters. The van der Waals surface area contributed by atoms with Gasteiger partial charge in [-0.1, -0.05) is 25.5 Å². The summed E-state index contributed by atoms with van der Waals surface area (Å²) in [6, 6.07) is 0. The minimum atomic E-state index is 0.756. The number of rotatable bonds is 2. The summed E-state index contributed by atoms with van der Waals surface area (Å²) < 4.78 is 0. The SMILES string of the molecule is CC1=C[C@@H](C)[C@H](CN(C)C)[C@H](C)C1. The van der Waals surface area contributed by atoms with Crippen molar-refractivity contribution < 1.29 is 0 Å². The predicted octanol–water partition coefficient (Wildman–Crippen LogP) is 2.79. The average Bonchev–Trinajstić information content (AvgIpc) is 1.96. The van der Waals surface area contributed by atoms with Gasteiger partial charge in [0.2, 0.25) is 0 Å². The molecule has 13 heavy (non-hydrogen) atoms. The van der Waals surface area contributed by atoms with Gasteiger partial charge in [0.25, 0.3) is 0 Å². The highest BCUT2D eigenvalue weighted by molar-refractivity contribution is 5.08. The third kappa shape index (κ3) is 2.84. The fourth-order valence-corrected chi connectivity index (χ4v) is 2.59. The molecular formula is C12H23N. The Hall–Kier alpha value is -0.300. The Morgan fingerprint density at radius 3 is 2.46 bits per heavy atom. The van der Waals surface area contributed by atoms with E-state index >= 15 is 0 Å². The molecule has 1 heteroatoms. The van der Waals surface area contributed by atoms with E-state index in [1.165, 1.54) is 13.0 Å². The molecule has 0 N–H and O–H groups in total. The van der Waals surface area contributed by atoms with Crippen LogP contribution in [-0.4, -0.2) is 25.5 Å². The first-order valence-electron chi connectivity index (χ1n) is 5.32. The number of hydrogen-bond acceptors (Lipinski definition) is 1. The van der Waals surface area contributed by atoms with Gasteiger partial charge in [0.05, 0.1) is 0 Å². The van der Waals surface area contributed by atoms with Gasteiger partial charge in [0.1, 0.15) is 0 Å². The Balaban J connectivity index is 2.63. The van der Waals surface area contributed by atoms with Crippen LogP contribution in [-0.2, 0) is 0 Å². The third-order valence-corrected chi connectivity index (χ3v) is 3.17. The molecule has 0 aromatic carbocycles. The van der Waals surface area contributed by atoms with Gasteiger partial charge in [-0.3, -0.25) is 0 Å². The van der Waals surface area contributed by atoms with Gasteiger partial charge in [-0.25, -0.2) is 0 Å². The summed E-state index contributed by atoms with van der Waals surface area (Å²) in [5, 5.41) is 0. The molecule has 76 valence electrons. The highest BCUT2D eigenvalue weighted by Gasteiger charge is 2.26. The van der Waals surface area contributed by atoms with Crippen LogP contribution < -0.4 is 0 Å². The zero-order valence-electron chi connectivity index (χ0n) is 9.67. The van der Waals surface area contributed by atoms with Crippen LogP contribution in [0.25, 0.3) is 0 Å². The molecule has 1 aliphatic rings. The van der Waals surface area contributed by atoms with Gasteiger partial charge in [-0.2, -0.15) is 0 Å². The standard InChI is InChI=1S/C12H23N/c1-9-6-10(2)12(8-13(4)5)11(3)7-9/h6,10-12H,7-8H2,1-5H3/t10-,11-,12+/m1/s1. The van der Waals surface area contributed by atoms with Crippen LogP contribution in [0.2, 0.25) is 0 Å². The van der Waals surface area contributed by atoms with Crippen LogP contribution in [0.3, 0.4) is 0 Å². The first-order chi connectivity index (χ1) is 6.00. The van der Waals surface area contributed by atoms with E-state index in [1.54, 1.807) is 5.57 Å². The third-order valence-electron chi connectivity index (χ3n) is 3.17. The van der Waals surface area contributed by atoms with Crippen LogP contribution in [0, 0.1) is 17.8 Å². The smallest absolute Gasteiger partial charge is 0.00117 e. The number of allylic oxidation sites excluding steroid dienone is 2. The zero-order valence-corrected chi connectivity index (χ0v) is 9.67. The fourth-order valence-electron chi connectivity index (χ4n) is 2.59. The van der Waals surface area contributed by atoms with Crippen molar-refractivity contribution in [2.75, 3.05) is 20.6 Å². The Kier molecular flexibility index (Phi) is 3.55. The Bertz CT molecular complexity index is 193. The number of hydrogen-bond donors (Lipinski definition) is 0. The van der Waals surface area contributed by atoms with Crippen molar-refractivity contribution in [1.29, 1.82) is 0 Å². The average molecular weight is 181 g/mol. The molecule has 0 aromatic heterocycles. The highest BCUT2D eigenvalue weighted by Crippen LogP contribution is 2.33. The molecule has 1 nitrogen and oxygen atoms in total. The fraction of sp³-hybridized carbons (Fsp3) is 0.833. The van der Waals surface area contributed by atoms with Crippen molar-refractivity contribution in [3.05, 3.63) is 11.6 Å². The van der Waals surface area contributed by atoms with Crippen LogP contribution >= 0.6 is 0 Å². The molecule has 0 aliphatic heterocycles. The maximum absolute atomic E-state index is 2.45. The second-order valence-corrected chi connectivity index (χ2v) is 4.98. The Labute approximate surface area is 82.8 Å². The highest BCUT2D eigenvalue weighted by atomic mass is 15.1.